The molecule has 7 heteroatoms. The summed E-state index contributed by atoms with van der Waals surface area (Å²) < 4.78 is 1.03. The lowest BCUT2D eigenvalue weighted by molar-refractivity contribution is -0.121. The largest absolute Gasteiger partial charge is 0.349 e. The smallest absolute Gasteiger partial charge is 0.230 e. The first-order valence-corrected chi connectivity index (χ1v) is 9.28. The summed E-state index contributed by atoms with van der Waals surface area (Å²) in [5.74, 6) is -0.321. The number of carbonyl (C=O) groups excluding carboxylic acids is 2. The highest BCUT2D eigenvalue weighted by molar-refractivity contribution is 7.22. The maximum atomic E-state index is 12.8. The normalized spacial score (nSPS) is 12.0. The van der Waals surface area contributed by atoms with Gasteiger partial charge < -0.3 is 5.32 Å². The minimum atomic E-state index is -0.422. The lowest BCUT2D eigenvalue weighted by atomic mass is 10.0. The Kier molecular flexibility index (Phi) is 5.54. The van der Waals surface area contributed by atoms with Gasteiger partial charge in [0.25, 0.3) is 0 Å². The molecule has 0 saturated heterocycles. The third kappa shape index (κ3) is 4.20. The molecule has 134 valence electrons. The van der Waals surface area contributed by atoms with Gasteiger partial charge in [0.15, 0.2) is 5.13 Å². The molecule has 1 aromatic heterocycles. The van der Waals surface area contributed by atoms with Crippen LogP contribution in [0.25, 0.3) is 10.2 Å². The van der Waals surface area contributed by atoms with Crippen LogP contribution in [0.15, 0.2) is 48.5 Å². The number of aromatic nitrogens is 1. The SMILES string of the molecule is CC(=O)NC(CC(=O)N(C)c1nc2ccccc2s1)c1ccc(Cl)cc1. The molecule has 0 aliphatic carbocycles. The van der Waals surface area contributed by atoms with Gasteiger partial charge in [0.05, 0.1) is 22.7 Å². The number of amides is 2. The quantitative estimate of drug-likeness (QED) is 0.714. The van der Waals surface area contributed by atoms with Gasteiger partial charge in [-0.3, -0.25) is 14.5 Å². The fraction of sp³-hybridized carbons (Fsp3) is 0.211. The zero-order chi connectivity index (χ0) is 18.7. The lowest BCUT2D eigenvalue weighted by Crippen LogP contribution is -2.33. The number of hydrogen-bond acceptors (Lipinski definition) is 4. The summed E-state index contributed by atoms with van der Waals surface area (Å²) in [7, 11) is 1.70. The van der Waals surface area contributed by atoms with Crippen molar-refractivity contribution in [1.29, 1.82) is 0 Å². The molecule has 2 amide bonds. The van der Waals surface area contributed by atoms with E-state index in [9.17, 15) is 9.59 Å². The van der Waals surface area contributed by atoms with Crippen molar-refractivity contribution in [2.24, 2.45) is 0 Å². The number of nitrogens with one attached hydrogen (secondary N) is 1. The Hall–Kier alpha value is -2.44. The van der Waals surface area contributed by atoms with E-state index in [-0.39, 0.29) is 18.2 Å². The predicted molar refractivity (Wildman–Crippen MR) is 106 cm³/mol. The van der Waals surface area contributed by atoms with E-state index in [1.807, 2.05) is 36.4 Å². The van der Waals surface area contributed by atoms with Crippen molar-refractivity contribution in [3.8, 4) is 0 Å². The van der Waals surface area contributed by atoms with Gasteiger partial charge in [0.2, 0.25) is 11.8 Å². The van der Waals surface area contributed by atoms with E-state index < -0.39 is 6.04 Å². The highest BCUT2D eigenvalue weighted by Gasteiger charge is 2.22. The highest BCUT2D eigenvalue weighted by Crippen LogP contribution is 2.29. The molecule has 0 bridgehead atoms. The molecule has 1 N–H and O–H groups in total. The second kappa shape index (κ2) is 7.85. The van der Waals surface area contributed by atoms with Crippen LogP contribution in [0, 0.1) is 0 Å². The Bertz CT molecular complexity index is 906. The fourth-order valence-electron chi connectivity index (χ4n) is 2.61. The average molecular weight is 388 g/mol. The molecule has 2 aromatic carbocycles. The van der Waals surface area contributed by atoms with Crippen LogP contribution >= 0.6 is 22.9 Å². The number of halogens is 1. The van der Waals surface area contributed by atoms with Crippen LogP contribution in [0.2, 0.25) is 5.02 Å². The summed E-state index contributed by atoms with van der Waals surface area (Å²) in [6.45, 7) is 1.44. The van der Waals surface area contributed by atoms with Crippen LogP contribution in [0.5, 0.6) is 0 Å². The van der Waals surface area contributed by atoms with Gasteiger partial charge in [-0.25, -0.2) is 4.98 Å². The molecule has 0 spiro atoms. The van der Waals surface area contributed by atoms with Gasteiger partial charge in [-0.2, -0.15) is 0 Å². The number of fused-ring (bicyclic) bond motifs is 1. The Morgan fingerprint density at radius 3 is 2.54 bits per heavy atom. The highest BCUT2D eigenvalue weighted by atomic mass is 35.5. The van der Waals surface area contributed by atoms with Gasteiger partial charge in [-0.1, -0.05) is 47.2 Å². The second-order valence-corrected chi connectivity index (χ2v) is 7.37. The number of rotatable bonds is 5. The number of carbonyl (C=O) groups is 2. The summed E-state index contributed by atoms with van der Waals surface area (Å²) >= 11 is 7.39. The van der Waals surface area contributed by atoms with E-state index in [2.05, 4.69) is 10.3 Å². The molecule has 0 fully saturated rings. The van der Waals surface area contributed by atoms with Gasteiger partial charge in [0.1, 0.15) is 0 Å². The standard InChI is InChI=1S/C19H18ClN3O2S/c1-12(24)21-16(13-7-9-14(20)10-8-13)11-18(25)23(2)19-22-15-5-3-4-6-17(15)26-19/h3-10,16H,11H2,1-2H3,(H,21,24). The zero-order valence-electron chi connectivity index (χ0n) is 14.4. The van der Waals surface area contributed by atoms with Crippen LogP contribution in [0.4, 0.5) is 5.13 Å². The van der Waals surface area contributed by atoms with Crippen molar-refractivity contribution in [3.63, 3.8) is 0 Å². The monoisotopic (exact) mass is 387 g/mol. The molecule has 1 atom stereocenters. The predicted octanol–water partition coefficient (Wildman–Crippen LogP) is 4.18. The van der Waals surface area contributed by atoms with Crippen LogP contribution in [0.1, 0.15) is 24.9 Å². The van der Waals surface area contributed by atoms with Crippen molar-refractivity contribution in [2.45, 2.75) is 19.4 Å². The van der Waals surface area contributed by atoms with Gasteiger partial charge in [-0.05, 0) is 29.8 Å². The van der Waals surface area contributed by atoms with Crippen LogP contribution in [-0.4, -0.2) is 23.8 Å². The average Bonchev–Trinajstić information content (AvgIpc) is 3.04. The Labute approximate surface area is 160 Å². The summed E-state index contributed by atoms with van der Waals surface area (Å²) in [6, 6.07) is 14.4. The molecular weight excluding hydrogens is 370 g/mol. The van der Waals surface area contributed by atoms with Crippen molar-refractivity contribution < 1.29 is 9.59 Å². The van der Waals surface area contributed by atoms with E-state index in [4.69, 9.17) is 11.6 Å². The van der Waals surface area contributed by atoms with Crippen molar-refractivity contribution in [2.75, 3.05) is 11.9 Å². The molecule has 0 aliphatic heterocycles. The van der Waals surface area contributed by atoms with Gasteiger partial charge in [-0.15, -0.1) is 0 Å². The van der Waals surface area contributed by atoms with Crippen LogP contribution in [0.3, 0.4) is 0 Å². The number of benzene rings is 2. The number of thiazole rings is 1. The van der Waals surface area contributed by atoms with E-state index in [1.54, 1.807) is 19.2 Å². The summed E-state index contributed by atoms with van der Waals surface area (Å²) in [6.07, 6.45) is 0.133. The van der Waals surface area contributed by atoms with E-state index in [0.717, 1.165) is 15.8 Å². The first kappa shape index (κ1) is 18.4. The third-order valence-corrected chi connectivity index (χ3v) is 5.34. The number of anilines is 1. The van der Waals surface area contributed by atoms with Gasteiger partial charge in [0, 0.05) is 19.0 Å². The lowest BCUT2D eigenvalue weighted by Gasteiger charge is -2.21. The first-order chi connectivity index (χ1) is 12.4. The summed E-state index contributed by atoms with van der Waals surface area (Å²) in [5, 5.41) is 4.07. The third-order valence-electron chi connectivity index (χ3n) is 3.97. The minimum Gasteiger partial charge on any atom is -0.349 e. The molecule has 3 aromatic rings. The summed E-state index contributed by atoms with van der Waals surface area (Å²) in [5.41, 5.74) is 1.69. The Morgan fingerprint density at radius 2 is 1.88 bits per heavy atom. The number of hydrogen-bond donors (Lipinski definition) is 1. The Balaban J connectivity index is 1.79. The molecule has 0 saturated carbocycles. The van der Waals surface area contributed by atoms with Crippen LogP contribution in [-0.2, 0) is 9.59 Å². The molecule has 26 heavy (non-hydrogen) atoms. The minimum absolute atomic E-state index is 0.127. The van der Waals surface area contributed by atoms with Crippen LogP contribution < -0.4 is 10.2 Å². The zero-order valence-corrected chi connectivity index (χ0v) is 16.0. The number of para-hydroxylation sites is 1. The molecular formula is C19H18ClN3O2S. The molecule has 1 heterocycles. The molecule has 1 unspecified atom stereocenters. The van der Waals surface area contributed by atoms with Crippen molar-refractivity contribution in [3.05, 3.63) is 59.1 Å². The first-order valence-electron chi connectivity index (χ1n) is 8.08. The maximum Gasteiger partial charge on any atom is 0.230 e. The van der Waals surface area contributed by atoms with Crippen molar-refractivity contribution in [1.82, 2.24) is 10.3 Å². The maximum absolute atomic E-state index is 12.8. The molecule has 0 aliphatic rings. The van der Waals surface area contributed by atoms with E-state index >= 15 is 0 Å². The van der Waals surface area contributed by atoms with Gasteiger partial charge >= 0.3 is 0 Å². The van der Waals surface area contributed by atoms with Crippen molar-refractivity contribution >= 4 is 50.1 Å². The fourth-order valence-corrected chi connectivity index (χ4v) is 3.68. The van der Waals surface area contributed by atoms with E-state index in [0.29, 0.717) is 10.2 Å². The molecule has 5 nitrogen and oxygen atoms in total. The second-order valence-electron chi connectivity index (χ2n) is 5.93. The topological polar surface area (TPSA) is 62.3 Å². The Morgan fingerprint density at radius 1 is 1.19 bits per heavy atom. The number of nitrogens with zero attached hydrogens (tertiary/aromatic N) is 2. The molecule has 3 rings (SSSR count). The molecule has 0 radical (unpaired) electrons. The summed E-state index contributed by atoms with van der Waals surface area (Å²) in [4.78, 5) is 30.4. The van der Waals surface area contributed by atoms with E-state index in [1.165, 1.54) is 23.2 Å².